The van der Waals surface area contributed by atoms with Crippen molar-refractivity contribution in [2.24, 2.45) is 5.10 Å². The highest BCUT2D eigenvalue weighted by Crippen LogP contribution is 2.33. The molecule has 7 nitrogen and oxygen atoms in total. The smallest absolute Gasteiger partial charge is 0.348 e. The van der Waals surface area contributed by atoms with Crippen LogP contribution < -0.4 is 4.74 Å². The van der Waals surface area contributed by atoms with Gasteiger partial charge in [0.15, 0.2) is 12.4 Å². The topological polar surface area (TPSA) is 85.3 Å². The number of rotatable bonds is 7. The summed E-state index contributed by atoms with van der Waals surface area (Å²) in [6.45, 7) is 0.976. The molecule has 1 aliphatic heterocycles. The number of nitrogens with zero attached hydrogens (tertiary/aromatic N) is 2. The van der Waals surface area contributed by atoms with E-state index in [1.807, 2.05) is 54.6 Å². The van der Waals surface area contributed by atoms with E-state index in [-0.39, 0.29) is 16.7 Å². The van der Waals surface area contributed by atoms with Crippen molar-refractivity contribution in [1.82, 2.24) is 5.01 Å². The predicted molar refractivity (Wildman–Crippen MR) is 125 cm³/mol. The highest BCUT2D eigenvalue weighted by Gasteiger charge is 2.33. The number of amides is 1. The van der Waals surface area contributed by atoms with Gasteiger partial charge in [-0.25, -0.2) is 9.80 Å². The molecule has 1 aromatic heterocycles. The number of carbonyl (C=O) groups excluding carboxylic acids is 3. The van der Waals surface area contributed by atoms with Crippen LogP contribution in [0, 0.1) is 0 Å². The fourth-order valence-corrected chi connectivity index (χ4v) is 4.33. The standard InChI is InChI=1S/C25H22N2O5S/c1-16(28)22-12-13-23(33-22)25(30)32-15-24(29)27-21(18-8-10-19(31-2)11-9-18)14-20(26-27)17-6-4-3-5-7-17/h3-13,21H,14-15H2,1-2H3. The third-order valence-electron chi connectivity index (χ3n) is 5.25. The second-order valence-corrected chi connectivity index (χ2v) is 8.52. The van der Waals surface area contributed by atoms with Crippen LogP contribution in [-0.2, 0) is 9.53 Å². The van der Waals surface area contributed by atoms with Crippen molar-refractivity contribution in [2.75, 3.05) is 13.7 Å². The molecule has 1 unspecified atom stereocenters. The Labute approximate surface area is 195 Å². The minimum atomic E-state index is -0.645. The lowest BCUT2D eigenvalue weighted by Crippen LogP contribution is -2.31. The zero-order valence-corrected chi connectivity index (χ0v) is 19.0. The maximum absolute atomic E-state index is 13.0. The van der Waals surface area contributed by atoms with E-state index in [1.165, 1.54) is 18.0 Å². The van der Waals surface area contributed by atoms with Gasteiger partial charge in [-0.2, -0.15) is 5.10 Å². The van der Waals surface area contributed by atoms with Gasteiger partial charge in [0.25, 0.3) is 5.91 Å². The molecule has 0 fully saturated rings. The van der Waals surface area contributed by atoms with Gasteiger partial charge in [-0.05, 0) is 42.3 Å². The molecular weight excluding hydrogens is 440 g/mol. The Hall–Kier alpha value is -3.78. The number of esters is 1. The molecular formula is C25H22N2O5S. The van der Waals surface area contributed by atoms with E-state index in [2.05, 4.69) is 5.10 Å². The van der Waals surface area contributed by atoms with Gasteiger partial charge in [-0.15, -0.1) is 11.3 Å². The summed E-state index contributed by atoms with van der Waals surface area (Å²) in [4.78, 5) is 37.6. The molecule has 2 heterocycles. The van der Waals surface area contributed by atoms with E-state index in [4.69, 9.17) is 9.47 Å². The van der Waals surface area contributed by atoms with Crippen molar-refractivity contribution in [3.63, 3.8) is 0 Å². The third-order valence-corrected chi connectivity index (χ3v) is 6.42. The molecule has 0 radical (unpaired) electrons. The molecule has 2 aromatic carbocycles. The van der Waals surface area contributed by atoms with E-state index >= 15 is 0 Å². The molecule has 8 heteroatoms. The van der Waals surface area contributed by atoms with E-state index in [0.29, 0.717) is 17.0 Å². The number of hydrazone groups is 1. The van der Waals surface area contributed by atoms with Crippen molar-refractivity contribution in [3.8, 4) is 5.75 Å². The molecule has 33 heavy (non-hydrogen) atoms. The van der Waals surface area contributed by atoms with Gasteiger partial charge in [0.2, 0.25) is 0 Å². The monoisotopic (exact) mass is 462 g/mol. The van der Waals surface area contributed by atoms with Crippen molar-refractivity contribution >= 4 is 34.7 Å². The summed E-state index contributed by atoms with van der Waals surface area (Å²) in [5.41, 5.74) is 2.61. The van der Waals surface area contributed by atoms with Crippen LogP contribution in [0.5, 0.6) is 5.75 Å². The Bertz CT molecular complexity index is 1200. The largest absolute Gasteiger partial charge is 0.497 e. The van der Waals surface area contributed by atoms with Gasteiger partial charge in [0, 0.05) is 6.42 Å². The molecule has 3 aromatic rings. The van der Waals surface area contributed by atoms with Crippen LogP contribution in [0.15, 0.2) is 71.8 Å². The SMILES string of the molecule is COc1ccc(C2CC(c3ccccc3)=NN2C(=O)COC(=O)c2ccc(C(C)=O)s2)cc1. The zero-order valence-electron chi connectivity index (χ0n) is 18.2. The second-order valence-electron chi connectivity index (χ2n) is 7.44. The average molecular weight is 463 g/mol. The normalized spacial score (nSPS) is 15.2. The number of carbonyl (C=O) groups is 3. The molecule has 168 valence electrons. The predicted octanol–water partition coefficient (Wildman–Crippen LogP) is 4.49. The van der Waals surface area contributed by atoms with Gasteiger partial charge in [-0.1, -0.05) is 42.5 Å². The number of Topliss-reactive ketones (excluding diaryl/α,β-unsaturated/α-hetero) is 1. The van der Waals surface area contributed by atoms with Gasteiger partial charge in [0.1, 0.15) is 10.6 Å². The molecule has 0 saturated carbocycles. The van der Waals surface area contributed by atoms with Gasteiger partial charge in [0.05, 0.1) is 23.7 Å². The van der Waals surface area contributed by atoms with E-state index < -0.39 is 18.5 Å². The minimum Gasteiger partial charge on any atom is -0.497 e. The van der Waals surface area contributed by atoms with Crippen molar-refractivity contribution in [2.45, 2.75) is 19.4 Å². The summed E-state index contributed by atoms with van der Waals surface area (Å²) in [5.74, 6) is -0.488. The molecule has 1 amide bonds. The molecule has 0 bridgehead atoms. The van der Waals surface area contributed by atoms with Crippen molar-refractivity contribution < 1.29 is 23.9 Å². The highest BCUT2D eigenvalue weighted by atomic mass is 32.1. The van der Waals surface area contributed by atoms with Crippen molar-refractivity contribution in [3.05, 3.63) is 87.6 Å². The lowest BCUT2D eigenvalue weighted by molar-refractivity contribution is -0.136. The van der Waals surface area contributed by atoms with Gasteiger partial charge >= 0.3 is 5.97 Å². The van der Waals surface area contributed by atoms with E-state index in [0.717, 1.165) is 28.2 Å². The number of ketones is 1. The number of thiophene rings is 1. The first-order chi connectivity index (χ1) is 16.0. The van der Waals surface area contributed by atoms with Gasteiger partial charge < -0.3 is 9.47 Å². The minimum absolute atomic E-state index is 0.127. The van der Waals surface area contributed by atoms with Crippen LogP contribution in [0.3, 0.4) is 0 Å². The lowest BCUT2D eigenvalue weighted by atomic mass is 9.98. The number of ether oxygens (including phenoxy) is 2. The molecule has 1 aliphatic rings. The van der Waals surface area contributed by atoms with Crippen LogP contribution in [0.2, 0.25) is 0 Å². The first-order valence-corrected chi connectivity index (χ1v) is 11.1. The van der Waals surface area contributed by atoms with Crippen LogP contribution in [0.1, 0.15) is 49.9 Å². The summed E-state index contributed by atoms with van der Waals surface area (Å²) in [5, 5.41) is 5.95. The van der Waals surface area contributed by atoms with E-state index in [9.17, 15) is 14.4 Å². The Morgan fingerprint density at radius 3 is 2.33 bits per heavy atom. The summed E-state index contributed by atoms with van der Waals surface area (Å²) < 4.78 is 10.5. The third kappa shape index (κ3) is 5.01. The molecule has 0 spiro atoms. The number of methoxy groups -OCH3 is 1. The molecule has 0 aliphatic carbocycles. The summed E-state index contributed by atoms with van der Waals surface area (Å²) >= 11 is 1.04. The second kappa shape index (κ2) is 9.79. The van der Waals surface area contributed by atoms with Gasteiger partial charge in [-0.3, -0.25) is 9.59 Å². The first-order valence-electron chi connectivity index (χ1n) is 10.3. The number of hydrogen-bond acceptors (Lipinski definition) is 7. The fourth-order valence-electron chi connectivity index (χ4n) is 3.53. The molecule has 1 atom stereocenters. The summed E-state index contributed by atoms with van der Waals surface area (Å²) in [6, 6.07) is 19.9. The maximum Gasteiger partial charge on any atom is 0.348 e. The molecule has 0 saturated heterocycles. The quantitative estimate of drug-likeness (QED) is 0.381. The van der Waals surface area contributed by atoms with Crippen LogP contribution in [0.25, 0.3) is 0 Å². The van der Waals surface area contributed by atoms with Crippen LogP contribution >= 0.6 is 11.3 Å². The average Bonchev–Trinajstić information content (AvgIpc) is 3.51. The first kappa shape index (κ1) is 22.4. The maximum atomic E-state index is 13.0. The van der Waals surface area contributed by atoms with E-state index in [1.54, 1.807) is 13.2 Å². The highest BCUT2D eigenvalue weighted by molar-refractivity contribution is 7.15. The molecule has 0 N–H and O–H groups in total. The number of benzene rings is 2. The Kier molecular flexibility index (Phi) is 6.65. The zero-order chi connectivity index (χ0) is 23.4. The Balaban J connectivity index is 1.52. The summed E-state index contributed by atoms with van der Waals surface area (Å²) in [6.07, 6.45) is 0.531. The van der Waals surface area contributed by atoms with Crippen LogP contribution in [-0.4, -0.2) is 42.1 Å². The number of hydrogen-bond donors (Lipinski definition) is 0. The summed E-state index contributed by atoms with van der Waals surface area (Å²) in [7, 11) is 1.60. The van der Waals surface area contributed by atoms with Crippen LogP contribution in [0.4, 0.5) is 0 Å². The lowest BCUT2D eigenvalue weighted by Gasteiger charge is -2.22. The Morgan fingerprint density at radius 2 is 1.70 bits per heavy atom. The fraction of sp³-hybridized carbons (Fsp3) is 0.200. The molecule has 4 rings (SSSR count). The Morgan fingerprint density at radius 1 is 1.00 bits per heavy atom. The van der Waals surface area contributed by atoms with Crippen molar-refractivity contribution in [1.29, 1.82) is 0 Å².